The standard InChI is InChI=1S/C20H28N4OS.HI/c1-15(2)19-23-16(14-26-19)13-22-20(21-3)24-11-9-18(10-12-24)25-17-7-5-4-6-8-17;/h4-8,14-15,18H,9-13H2,1-3H3,(H,21,22);1H. The zero-order chi connectivity index (χ0) is 18.4. The predicted octanol–water partition coefficient (Wildman–Crippen LogP) is 4.50. The van der Waals surface area contributed by atoms with Crippen LogP contribution in [0.3, 0.4) is 0 Å². The topological polar surface area (TPSA) is 49.8 Å². The molecule has 0 unspecified atom stereocenters. The number of nitrogens with zero attached hydrogens (tertiary/aromatic N) is 3. The molecule has 0 amide bonds. The van der Waals surface area contributed by atoms with Crippen LogP contribution in [0.15, 0.2) is 40.7 Å². The van der Waals surface area contributed by atoms with E-state index in [2.05, 4.69) is 39.4 Å². The van der Waals surface area contributed by atoms with Crippen molar-refractivity contribution in [1.82, 2.24) is 15.2 Å². The molecule has 1 aliphatic rings. The van der Waals surface area contributed by atoms with Crippen LogP contribution in [0.5, 0.6) is 5.75 Å². The van der Waals surface area contributed by atoms with E-state index in [-0.39, 0.29) is 30.1 Å². The molecule has 2 heterocycles. The second-order valence-electron chi connectivity index (χ2n) is 6.85. The number of piperidine rings is 1. The summed E-state index contributed by atoms with van der Waals surface area (Å²) in [6.07, 6.45) is 2.28. The second kappa shape index (κ2) is 10.8. The van der Waals surface area contributed by atoms with Gasteiger partial charge in [0.1, 0.15) is 11.9 Å². The highest BCUT2D eigenvalue weighted by Gasteiger charge is 2.22. The van der Waals surface area contributed by atoms with Crippen LogP contribution in [-0.2, 0) is 6.54 Å². The first kappa shape index (κ1) is 21.9. The quantitative estimate of drug-likeness (QED) is 0.373. The van der Waals surface area contributed by atoms with Crippen molar-refractivity contribution in [3.05, 3.63) is 46.4 Å². The maximum atomic E-state index is 6.08. The zero-order valence-electron chi connectivity index (χ0n) is 16.2. The molecule has 1 aromatic carbocycles. The lowest BCUT2D eigenvalue weighted by Gasteiger charge is -2.34. The Morgan fingerprint density at radius 1 is 1.30 bits per heavy atom. The molecule has 148 valence electrons. The van der Waals surface area contributed by atoms with Gasteiger partial charge in [-0.3, -0.25) is 4.99 Å². The number of para-hydroxylation sites is 1. The van der Waals surface area contributed by atoms with Gasteiger partial charge in [-0.25, -0.2) is 4.98 Å². The molecule has 1 aromatic heterocycles. The molecule has 0 aliphatic carbocycles. The van der Waals surface area contributed by atoms with E-state index in [0.717, 1.165) is 49.9 Å². The van der Waals surface area contributed by atoms with Crippen LogP contribution < -0.4 is 10.1 Å². The summed E-state index contributed by atoms with van der Waals surface area (Å²) in [7, 11) is 1.84. The second-order valence-corrected chi connectivity index (χ2v) is 7.74. The molecule has 1 saturated heterocycles. The molecule has 1 N–H and O–H groups in total. The minimum absolute atomic E-state index is 0. The maximum Gasteiger partial charge on any atom is 0.193 e. The summed E-state index contributed by atoms with van der Waals surface area (Å²) in [5.41, 5.74) is 1.09. The number of nitrogens with one attached hydrogen (secondary N) is 1. The zero-order valence-corrected chi connectivity index (χ0v) is 19.4. The van der Waals surface area contributed by atoms with E-state index >= 15 is 0 Å². The number of aromatic nitrogens is 1. The van der Waals surface area contributed by atoms with Gasteiger partial charge in [0, 0.05) is 44.3 Å². The van der Waals surface area contributed by atoms with Crippen molar-refractivity contribution in [2.45, 2.75) is 45.3 Å². The third kappa shape index (κ3) is 6.34. The van der Waals surface area contributed by atoms with Crippen molar-refractivity contribution in [2.75, 3.05) is 20.1 Å². The van der Waals surface area contributed by atoms with Crippen molar-refractivity contribution in [2.24, 2.45) is 4.99 Å². The Kier molecular flexibility index (Phi) is 8.82. The first-order chi connectivity index (χ1) is 12.7. The van der Waals surface area contributed by atoms with Gasteiger partial charge in [-0.15, -0.1) is 35.3 Å². The van der Waals surface area contributed by atoms with E-state index in [9.17, 15) is 0 Å². The van der Waals surface area contributed by atoms with Gasteiger partial charge in [-0.1, -0.05) is 32.0 Å². The maximum absolute atomic E-state index is 6.08. The van der Waals surface area contributed by atoms with E-state index in [1.807, 2.05) is 37.4 Å². The molecule has 7 heteroatoms. The van der Waals surface area contributed by atoms with Crippen LogP contribution in [0.2, 0.25) is 0 Å². The molecule has 0 spiro atoms. The normalized spacial score (nSPS) is 15.6. The first-order valence-electron chi connectivity index (χ1n) is 9.27. The van der Waals surface area contributed by atoms with Crippen LogP contribution >= 0.6 is 35.3 Å². The highest BCUT2D eigenvalue weighted by atomic mass is 127. The van der Waals surface area contributed by atoms with Crippen molar-refractivity contribution in [3.63, 3.8) is 0 Å². The fraction of sp³-hybridized carbons (Fsp3) is 0.500. The van der Waals surface area contributed by atoms with E-state index in [1.165, 1.54) is 5.01 Å². The van der Waals surface area contributed by atoms with Gasteiger partial charge in [0.2, 0.25) is 0 Å². The van der Waals surface area contributed by atoms with Crippen LogP contribution in [0.1, 0.15) is 43.3 Å². The van der Waals surface area contributed by atoms with E-state index < -0.39 is 0 Å². The lowest BCUT2D eigenvalue weighted by atomic mass is 10.1. The summed E-state index contributed by atoms with van der Waals surface area (Å²) in [6.45, 7) is 6.97. The van der Waals surface area contributed by atoms with E-state index in [1.54, 1.807) is 11.3 Å². The minimum Gasteiger partial charge on any atom is -0.490 e. The van der Waals surface area contributed by atoms with Crippen LogP contribution in [-0.4, -0.2) is 42.1 Å². The van der Waals surface area contributed by atoms with Gasteiger partial charge in [-0.05, 0) is 12.1 Å². The largest absolute Gasteiger partial charge is 0.490 e. The number of benzene rings is 1. The number of rotatable bonds is 5. The van der Waals surface area contributed by atoms with Gasteiger partial charge < -0.3 is 15.0 Å². The summed E-state index contributed by atoms with van der Waals surface area (Å²) >= 11 is 1.73. The number of guanidine groups is 1. The summed E-state index contributed by atoms with van der Waals surface area (Å²) in [5.74, 6) is 2.39. The monoisotopic (exact) mass is 500 g/mol. The van der Waals surface area contributed by atoms with Gasteiger partial charge in [-0.2, -0.15) is 0 Å². The Morgan fingerprint density at radius 3 is 2.59 bits per heavy atom. The SMILES string of the molecule is CN=C(NCc1csc(C(C)C)n1)N1CCC(Oc2ccccc2)CC1.I. The molecular formula is C20H29IN4OS. The minimum atomic E-state index is 0. The third-order valence-electron chi connectivity index (χ3n) is 4.49. The van der Waals surface area contributed by atoms with Gasteiger partial charge >= 0.3 is 0 Å². The molecule has 1 fully saturated rings. The number of hydrogen-bond donors (Lipinski definition) is 1. The van der Waals surface area contributed by atoms with Gasteiger partial charge in [0.25, 0.3) is 0 Å². The summed E-state index contributed by atoms with van der Waals surface area (Å²) in [4.78, 5) is 11.4. The molecule has 0 radical (unpaired) electrons. The van der Waals surface area contributed by atoms with Crippen molar-refractivity contribution in [3.8, 4) is 5.75 Å². The predicted molar refractivity (Wildman–Crippen MR) is 123 cm³/mol. The highest BCUT2D eigenvalue weighted by Crippen LogP contribution is 2.20. The lowest BCUT2D eigenvalue weighted by molar-refractivity contribution is 0.129. The molecule has 0 saturated carbocycles. The average molecular weight is 500 g/mol. The summed E-state index contributed by atoms with van der Waals surface area (Å²) < 4.78 is 6.08. The van der Waals surface area contributed by atoms with Crippen molar-refractivity contribution < 1.29 is 4.74 Å². The number of likely N-dealkylation sites (tertiary alicyclic amines) is 1. The van der Waals surface area contributed by atoms with E-state index in [0.29, 0.717) is 5.92 Å². The molecule has 0 atom stereocenters. The fourth-order valence-electron chi connectivity index (χ4n) is 3.05. The number of halogens is 1. The first-order valence-corrected chi connectivity index (χ1v) is 10.1. The number of ether oxygens (including phenoxy) is 1. The number of hydrogen-bond acceptors (Lipinski definition) is 4. The molecule has 2 aromatic rings. The van der Waals surface area contributed by atoms with Crippen molar-refractivity contribution in [1.29, 1.82) is 0 Å². The van der Waals surface area contributed by atoms with Crippen LogP contribution in [0, 0.1) is 0 Å². The average Bonchev–Trinajstić information content (AvgIpc) is 3.14. The third-order valence-corrected chi connectivity index (χ3v) is 5.68. The highest BCUT2D eigenvalue weighted by molar-refractivity contribution is 14.0. The Hall–Kier alpha value is -1.35. The Labute approximate surface area is 183 Å². The van der Waals surface area contributed by atoms with Gasteiger partial charge in [0.15, 0.2) is 5.96 Å². The molecule has 27 heavy (non-hydrogen) atoms. The van der Waals surface area contributed by atoms with Crippen LogP contribution in [0.4, 0.5) is 0 Å². The number of aliphatic imine (C=N–C) groups is 1. The Balaban J connectivity index is 0.00000261. The molecule has 1 aliphatic heterocycles. The van der Waals surface area contributed by atoms with Crippen molar-refractivity contribution >= 4 is 41.3 Å². The molecule has 5 nitrogen and oxygen atoms in total. The fourth-order valence-corrected chi connectivity index (χ4v) is 3.88. The Bertz CT molecular complexity index is 712. The summed E-state index contributed by atoms with van der Waals surface area (Å²) in [6, 6.07) is 10.1. The number of thiazole rings is 1. The lowest BCUT2D eigenvalue weighted by Crippen LogP contribution is -2.47. The molecule has 0 bridgehead atoms. The van der Waals surface area contributed by atoms with Gasteiger partial charge in [0.05, 0.1) is 17.2 Å². The van der Waals surface area contributed by atoms with Crippen LogP contribution in [0.25, 0.3) is 0 Å². The summed E-state index contributed by atoms with van der Waals surface area (Å²) in [5, 5.41) is 6.78. The van der Waals surface area contributed by atoms with E-state index in [4.69, 9.17) is 4.74 Å². The Morgan fingerprint density at radius 2 is 2.00 bits per heavy atom. The molecular weight excluding hydrogens is 471 g/mol. The smallest absolute Gasteiger partial charge is 0.193 e. The molecule has 3 rings (SSSR count).